The van der Waals surface area contributed by atoms with Crippen molar-refractivity contribution in [3.05, 3.63) is 44.1 Å². The van der Waals surface area contributed by atoms with E-state index < -0.39 is 0 Å². The second-order valence-electron chi connectivity index (χ2n) is 3.75. The maximum atomic E-state index is 5.95. The molecule has 2 heterocycles. The molecule has 0 N–H and O–H groups in total. The summed E-state index contributed by atoms with van der Waals surface area (Å²) in [5.41, 5.74) is 3.78. The highest BCUT2D eigenvalue weighted by Gasteiger charge is 2.04. The molecule has 0 atom stereocenters. The molecule has 0 aliphatic rings. The van der Waals surface area contributed by atoms with Crippen LogP contribution in [0, 0.1) is 6.92 Å². The number of rotatable bonds is 5. The molecule has 3 nitrogen and oxygen atoms in total. The van der Waals surface area contributed by atoms with Crippen molar-refractivity contribution >= 4 is 34.5 Å². The first-order valence-electron chi connectivity index (χ1n) is 5.44. The minimum atomic E-state index is 0.393. The Balaban J connectivity index is 1.80. The summed E-state index contributed by atoms with van der Waals surface area (Å²) in [4.78, 5) is 9.41. The van der Waals surface area contributed by atoms with Crippen LogP contribution >= 0.6 is 34.5 Å². The molecule has 0 saturated heterocycles. The van der Waals surface area contributed by atoms with E-state index in [4.69, 9.17) is 27.9 Å². The van der Waals surface area contributed by atoms with Crippen LogP contribution in [0.2, 0.25) is 10.3 Å². The van der Waals surface area contributed by atoms with Crippen molar-refractivity contribution in [3.63, 3.8) is 0 Å². The highest BCUT2D eigenvalue weighted by atomic mass is 35.5. The third-order valence-electron chi connectivity index (χ3n) is 2.47. The number of hydrogen-bond donors (Lipinski definition) is 0. The molecule has 2 rings (SSSR count). The van der Waals surface area contributed by atoms with Crippen molar-refractivity contribution in [2.45, 2.75) is 20.0 Å². The molecule has 6 heteroatoms. The van der Waals surface area contributed by atoms with Crippen LogP contribution in [0.25, 0.3) is 0 Å². The van der Waals surface area contributed by atoms with Crippen molar-refractivity contribution < 1.29 is 4.74 Å². The van der Waals surface area contributed by atoms with Crippen molar-refractivity contribution in [2.24, 2.45) is 0 Å². The van der Waals surface area contributed by atoms with E-state index in [1.54, 1.807) is 17.4 Å². The normalized spacial score (nSPS) is 10.8. The van der Waals surface area contributed by atoms with Crippen LogP contribution < -0.4 is 0 Å². The van der Waals surface area contributed by atoms with E-state index in [9.17, 15) is 0 Å². The van der Waals surface area contributed by atoms with Gasteiger partial charge in [0.15, 0.2) is 0 Å². The van der Waals surface area contributed by atoms with Gasteiger partial charge in [-0.2, -0.15) is 0 Å². The highest BCUT2D eigenvalue weighted by Crippen LogP contribution is 2.18. The number of aromatic nitrogens is 2. The maximum Gasteiger partial charge on any atom is 0.136 e. The average Bonchev–Trinajstić information content (AvgIpc) is 2.73. The molecule has 0 bridgehead atoms. The molecule has 0 fully saturated rings. The Labute approximate surface area is 120 Å². The van der Waals surface area contributed by atoms with E-state index in [1.165, 1.54) is 4.88 Å². The van der Waals surface area contributed by atoms with E-state index in [0.29, 0.717) is 23.5 Å². The number of pyridine rings is 1. The molecule has 0 saturated carbocycles. The lowest BCUT2D eigenvalue weighted by molar-refractivity contribution is 0.124. The molecule has 0 unspecified atom stereocenters. The van der Waals surface area contributed by atoms with Gasteiger partial charge in [0.2, 0.25) is 0 Å². The predicted molar refractivity (Wildman–Crippen MR) is 74.5 cm³/mol. The number of hydrogen-bond acceptors (Lipinski definition) is 4. The molecule has 96 valence electrons. The topological polar surface area (TPSA) is 35.0 Å². The fourth-order valence-electron chi connectivity index (χ4n) is 1.46. The Morgan fingerprint density at radius 2 is 2.17 bits per heavy atom. The van der Waals surface area contributed by atoms with E-state index in [2.05, 4.69) is 9.97 Å². The van der Waals surface area contributed by atoms with Crippen LogP contribution in [0.15, 0.2) is 17.6 Å². The van der Waals surface area contributed by atoms with Crippen molar-refractivity contribution in [1.29, 1.82) is 0 Å². The zero-order valence-corrected chi connectivity index (χ0v) is 12.1. The van der Waals surface area contributed by atoms with Crippen LogP contribution in [0.4, 0.5) is 0 Å². The molecule has 18 heavy (non-hydrogen) atoms. The number of ether oxygens (including phenoxy) is 1. The molecule has 0 radical (unpaired) electrons. The summed E-state index contributed by atoms with van der Waals surface area (Å²) in [6.07, 6.45) is 0.870. The average molecular weight is 303 g/mol. The lowest BCUT2D eigenvalue weighted by Crippen LogP contribution is -2.00. The van der Waals surface area contributed by atoms with Gasteiger partial charge in [-0.15, -0.1) is 11.3 Å². The Hall–Kier alpha value is -0.680. The van der Waals surface area contributed by atoms with E-state index >= 15 is 0 Å². The molecule has 0 aromatic carbocycles. The molecule has 0 spiro atoms. The largest absolute Gasteiger partial charge is 0.376 e. The molecule has 0 amide bonds. The first kappa shape index (κ1) is 13.7. The van der Waals surface area contributed by atoms with Gasteiger partial charge in [0.1, 0.15) is 10.3 Å². The fraction of sp³-hybridized carbons (Fsp3) is 0.333. The summed E-state index contributed by atoms with van der Waals surface area (Å²) >= 11 is 13.3. The van der Waals surface area contributed by atoms with Crippen molar-refractivity contribution in [3.8, 4) is 0 Å². The van der Waals surface area contributed by atoms with Crippen molar-refractivity contribution in [1.82, 2.24) is 9.97 Å². The summed E-state index contributed by atoms with van der Waals surface area (Å²) in [7, 11) is 0. The minimum Gasteiger partial charge on any atom is -0.376 e. The van der Waals surface area contributed by atoms with Gasteiger partial charge < -0.3 is 4.74 Å². The monoisotopic (exact) mass is 302 g/mol. The summed E-state index contributed by atoms with van der Waals surface area (Å²) in [5, 5.41) is 0.792. The van der Waals surface area contributed by atoms with Gasteiger partial charge in [-0.3, -0.25) is 0 Å². The van der Waals surface area contributed by atoms with E-state index in [1.807, 2.05) is 18.5 Å². The molecular formula is C12H12Cl2N2OS. The molecule has 2 aromatic rings. The Morgan fingerprint density at radius 1 is 1.33 bits per heavy atom. The fourth-order valence-corrected chi connectivity index (χ4v) is 2.62. The molecule has 2 aromatic heterocycles. The van der Waals surface area contributed by atoms with Crippen LogP contribution in [0.3, 0.4) is 0 Å². The second kappa shape index (κ2) is 6.48. The summed E-state index contributed by atoms with van der Waals surface area (Å²) < 4.78 is 5.58. The lowest BCUT2D eigenvalue weighted by Gasteiger charge is -2.05. The summed E-state index contributed by atoms with van der Waals surface area (Å²) in [6.45, 7) is 3.09. The van der Waals surface area contributed by atoms with Crippen LogP contribution in [0.5, 0.6) is 0 Å². The minimum absolute atomic E-state index is 0.393. The van der Waals surface area contributed by atoms with Crippen LogP contribution in [-0.4, -0.2) is 16.6 Å². The van der Waals surface area contributed by atoms with Gasteiger partial charge in [0.25, 0.3) is 0 Å². The molecule has 0 aliphatic heterocycles. The molecule has 0 aliphatic carbocycles. The van der Waals surface area contributed by atoms with Crippen LogP contribution in [0.1, 0.15) is 16.1 Å². The number of thiazole rings is 1. The Bertz CT molecular complexity index is 531. The number of halogens is 2. The standard InChI is InChI=1S/C12H12Cl2N2OS/c1-8-10(18-7-15-8)4-5-17-6-9-2-3-11(13)16-12(9)14/h2-3,7H,4-6H2,1H3. The quantitative estimate of drug-likeness (QED) is 0.620. The van der Waals surface area contributed by atoms with Gasteiger partial charge in [-0.05, 0) is 13.0 Å². The second-order valence-corrected chi connectivity index (χ2v) is 5.43. The van der Waals surface area contributed by atoms with Gasteiger partial charge in [-0.25, -0.2) is 9.97 Å². The smallest absolute Gasteiger partial charge is 0.136 e. The van der Waals surface area contributed by atoms with Crippen LogP contribution in [-0.2, 0) is 17.8 Å². The Kier molecular flexibility index (Phi) is 4.95. The number of nitrogens with zero attached hydrogens (tertiary/aromatic N) is 2. The predicted octanol–water partition coefficient (Wildman–Crippen LogP) is 3.91. The van der Waals surface area contributed by atoms with Gasteiger partial charge >= 0.3 is 0 Å². The lowest BCUT2D eigenvalue weighted by atomic mass is 10.3. The zero-order chi connectivity index (χ0) is 13.0. The highest BCUT2D eigenvalue weighted by molar-refractivity contribution is 7.09. The first-order chi connectivity index (χ1) is 8.66. The van der Waals surface area contributed by atoms with E-state index in [-0.39, 0.29) is 0 Å². The summed E-state index contributed by atoms with van der Waals surface area (Å²) in [6, 6.07) is 3.54. The van der Waals surface area contributed by atoms with Gasteiger partial charge in [-0.1, -0.05) is 29.3 Å². The third-order valence-corrected chi connectivity index (χ3v) is 4.00. The van der Waals surface area contributed by atoms with Crippen molar-refractivity contribution in [2.75, 3.05) is 6.61 Å². The molecular weight excluding hydrogens is 291 g/mol. The Morgan fingerprint density at radius 3 is 2.83 bits per heavy atom. The maximum absolute atomic E-state index is 5.95. The number of aryl methyl sites for hydroxylation is 1. The summed E-state index contributed by atoms with van der Waals surface area (Å²) in [5.74, 6) is 0. The zero-order valence-electron chi connectivity index (χ0n) is 9.82. The van der Waals surface area contributed by atoms with Gasteiger partial charge in [0, 0.05) is 16.9 Å². The van der Waals surface area contributed by atoms with Gasteiger partial charge in [0.05, 0.1) is 24.4 Å². The SMILES string of the molecule is Cc1ncsc1CCOCc1ccc(Cl)nc1Cl. The third kappa shape index (κ3) is 3.65. The van der Waals surface area contributed by atoms with E-state index in [0.717, 1.165) is 17.7 Å². The first-order valence-corrected chi connectivity index (χ1v) is 7.08.